The van der Waals surface area contributed by atoms with Crippen LogP contribution in [-0.2, 0) is 4.79 Å². The number of hydrogen-bond donors (Lipinski definition) is 4. The molecule has 0 saturated carbocycles. The SMILES string of the molecule is Cc1[nH]c(/C=C2\C(=O)Nc3ccc(Cl)cc32)c(C)c1C(=O)NCCN1CCNC1=O. The molecule has 30 heavy (non-hydrogen) atoms. The summed E-state index contributed by atoms with van der Waals surface area (Å²) < 4.78 is 0. The molecule has 1 aromatic carbocycles. The molecule has 4 N–H and O–H groups in total. The van der Waals surface area contributed by atoms with E-state index >= 15 is 0 Å². The Kier molecular flexibility index (Phi) is 5.26. The van der Waals surface area contributed by atoms with Crippen molar-refractivity contribution >= 4 is 46.8 Å². The molecule has 2 aromatic rings. The first kappa shape index (κ1) is 20.0. The van der Waals surface area contributed by atoms with Gasteiger partial charge in [-0.05, 0) is 43.7 Å². The Bertz CT molecular complexity index is 1090. The molecule has 3 heterocycles. The number of nitrogens with zero attached hydrogens (tertiary/aromatic N) is 1. The van der Waals surface area contributed by atoms with Crippen LogP contribution in [0, 0.1) is 13.8 Å². The van der Waals surface area contributed by atoms with Crippen molar-refractivity contribution in [2.24, 2.45) is 0 Å². The van der Waals surface area contributed by atoms with Crippen molar-refractivity contribution < 1.29 is 14.4 Å². The van der Waals surface area contributed by atoms with Crippen molar-refractivity contribution in [1.29, 1.82) is 0 Å². The smallest absolute Gasteiger partial charge is 0.317 e. The number of anilines is 1. The van der Waals surface area contributed by atoms with E-state index < -0.39 is 0 Å². The number of hydrogen-bond acceptors (Lipinski definition) is 3. The first-order valence-electron chi connectivity index (χ1n) is 9.68. The van der Waals surface area contributed by atoms with Crippen LogP contribution in [0.5, 0.6) is 0 Å². The molecular formula is C21H22ClN5O3. The summed E-state index contributed by atoms with van der Waals surface area (Å²) in [4.78, 5) is 41.6. The number of halogens is 1. The summed E-state index contributed by atoms with van der Waals surface area (Å²) in [6.45, 7) is 5.74. The number of fused-ring (bicyclic) bond motifs is 1. The highest BCUT2D eigenvalue weighted by Crippen LogP contribution is 2.35. The van der Waals surface area contributed by atoms with Crippen molar-refractivity contribution in [3.8, 4) is 0 Å². The van der Waals surface area contributed by atoms with Gasteiger partial charge in [-0.15, -0.1) is 0 Å². The molecule has 0 radical (unpaired) electrons. The van der Waals surface area contributed by atoms with Crippen LogP contribution in [0.1, 0.15) is 32.9 Å². The summed E-state index contributed by atoms with van der Waals surface area (Å²) in [5, 5.41) is 8.96. The number of nitrogens with one attached hydrogen (secondary N) is 4. The number of amides is 4. The van der Waals surface area contributed by atoms with Gasteiger partial charge in [0.05, 0.1) is 11.1 Å². The van der Waals surface area contributed by atoms with E-state index in [-0.39, 0.29) is 17.8 Å². The molecule has 0 spiro atoms. The maximum Gasteiger partial charge on any atom is 0.317 e. The van der Waals surface area contributed by atoms with Gasteiger partial charge in [-0.2, -0.15) is 0 Å². The Labute approximate surface area is 178 Å². The molecule has 2 aliphatic heterocycles. The lowest BCUT2D eigenvalue weighted by Gasteiger charge is -2.14. The van der Waals surface area contributed by atoms with Crippen LogP contribution in [0.4, 0.5) is 10.5 Å². The molecular weight excluding hydrogens is 406 g/mol. The van der Waals surface area contributed by atoms with Crippen LogP contribution in [-0.4, -0.2) is 53.9 Å². The van der Waals surface area contributed by atoms with Crippen molar-refractivity contribution in [3.63, 3.8) is 0 Å². The Morgan fingerprint density at radius 1 is 1.30 bits per heavy atom. The van der Waals surface area contributed by atoms with Crippen molar-refractivity contribution in [3.05, 3.63) is 51.3 Å². The van der Waals surface area contributed by atoms with Crippen LogP contribution in [0.25, 0.3) is 11.6 Å². The van der Waals surface area contributed by atoms with E-state index in [1.54, 1.807) is 29.2 Å². The third-order valence-electron chi connectivity index (χ3n) is 5.37. The minimum atomic E-state index is -0.218. The predicted octanol–water partition coefficient (Wildman–Crippen LogP) is 2.53. The third kappa shape index (κ3) is 3.66. The fraction of sp³-hybridized carbons (Fsp3) is 0.286. The fourth-order valence-electron chi connectivity index (χ4n) is 3.82. The monoisotopic (exact) mass is 427 g/mol. The summed E-state index contributed by atoms with van der Waals surface area (Å²) >= 11 is 6.09. The van der Waals surface area contributed by atoms with Gasteiger partial charge in [0.1, 0.15) is 0 Å². The number of benzene rings is 1. The minimum Gasteiger partial charge on any atom is -0.358 e. The molecule has 1 saturated heterocycles. The van der Waals surface area contributed by atoms with Gasteiger partial charge in [-0.25, -0.2) is 4.79 Å². The van der Waals surface area contributed by atoms with Gasteiger partial charge in [0, 0.05) is 53.8 Å². The Balaban J connectivity index is 1.53. The molecule has 1 aromatic heterocycles. The van der Waals surface area contributed by atoms with Gasteiger partial charge in [0.2, 0.25) is 0 Å². The van der Waals surface area contributed by atoms with E-state index in [9.17, 15) is 14.4 Å². The Morgan fingerprint density at radius 2 is 2.10 bits per heavy atom. The molecule has 4 amide bonds. The summed E-state index contributed by atoms with van der Waals surface area (Å²) in [5.41, 5.74) is 4.62. The number of H-pyrrole nitrogens is 1. The average molecular weight is 428 g/mol. The van der Waals surface area contributed by atoms with Gasteiger partial charge >= 0.3 is 6.03 Å². The highest BCUT2D eigenvalue weighted by atomic mass is 35.5. The average Bonchev–Trinajstić information content (AvgIpc) is 3.32. The quantitative estimate of drug-likeness (QED) is 0.551. The van der Waals surface area contributed by atoms with Gasteiger partial charge in [-0.1, -0.05) is 11.6 Å². The van der Waals surface area contributed by atoms with Crippen molar-refractivity contribution in [1.82, 2.24) is 20.5 Å². The highest BCUT2D eigenvalue weighted by Gasteiger charge is 2.26. The largest absolute Gasteiger partial charge is 0.358 e. The number of urea groups is 1. The fourth-order valence-corrected chi connectivity index (χ4v) is 4.00. The lowest BCUT2D eigenvalue weighted by Crippen LogP contribution is -2.37. The van der Waals surface area contributed by atoms with Gasteiger partial charge in [0.25, 0.3) is 11.8 Å². The van der Waals surface area contributed by atoms with Crippen LogP contribution in [0.3, 0.4) is 0 Å². The van der Waals surface area contributed by atoms with E-state index in [4.69, 9.17) is 11.6 Å². The zero-order valence-corrected chi connectivity index (χ0v) is 17.4. The second-order valence-electron chi connectivity index (χ2n) is 7.34. The van der Waals surface area contributed by atoms with E-state index in [1.165, 1.54) is 0 Å². The lowest BCUT2D eigenvalue weighted by molar-refractivity contribution is -0.110. The molecule has 156 valence electrons. The first-order chi connectivity index (χ1) is 14.3. The lowest BCUT2D eigenvalue weighted by atomic mass is 10.0. The van der Waals surface area contributed by atoms with Gasteiger partial charge in [-0.3, -0.25) is 9.59 Å². The second-order valence-corrected chi connectivity index (χ2v) is 7.78. The standard InChI is InChI=1S/C21H22ClN5O3/c1-11-17(10-15-14-9-13(22)3-4-16(14)26-19(15)28)25-12(2)18(11)20(29)23-5-7-27-8-6-24-21(27)30/h3-4,9-10,25H,5-8H2,1-2H3,(H,23,29)(H,24,30)(H,26,28)/b15-10-. The van der Waals surface area contributed by atoms with Crippen LogP contribution in [0.2, 0.25) is 5.02 Å². The molecule has 0 bridgehead atoms. The van der Waals surface area contributed by atoms with Gasteiger partial charge in [0.15, 0.2) is 0 Å². The Morgan fingerprint density at radius 3 is 2.83 bits per heavy atom. The number of carbonyl (C=O) groups is 3. The van der Waals surface area contributed by atoms with Crippen LogP contribution >= 0.6 is 11.6 Å². The zero-order chi connectivity index (χ0) is 21.4. The summed E-state index contributed by atoms with van der Waals surface area (Å²) in [7, 11) is 0. The molecule has 4 rings (SSSR count). The molecule has 0 atom stereocenters. The maximum absolute atomic E-state index is 12.7. The molecule has 8 nitrogen and oxygen atoms in total. The normalized spacial score (nSPS) is 16.6. The molecule has 0 unspecified atom stereocenters. The van der Waals surface area contributed by atoms with Gasteiger partial charge < -0.3 is 25.8 Å². The van der Waals surface area contributed by atoms with Crippen LogP contribution in [0.15, 0.2) is 18.2 Å². The van der Waals surface area contributed by atoms with E-state index in [0.29, 0.717) is 59.4 Å². The topological polar surface area (TPSA) is 106 Å². The number of rotatable bonds is 5. The van der Waals surface area contributed by atoms with Crippen molar-refractivity contribution in [2.75, 3.05) is 31.5 Å². The highest BCUT2D eigenvalue weighted by molar-refractivity contribution is 6.36. The summed E-state index contributed by atoms with van der Waals surface area (Å²) in [5.74, 6) is -0.432. The third-order valence-corrected chi connectivity index (χ3v) is 5.60. The number of carbonyl (C=O) groups excluding carboxylic acids is 3. The minimum absolute atomic E-state index is 0.109. The molecule has 0 aliphatic carbocycles. The summed E-state index contributed by atoms with van der Waals surface area (Å²) in [6.07, 6.45) is 1.74. The van der Waals surface area contributed by atoms with E-state index in [2.05, 4.69) is 20.9 Å². The van der Waals surface area contributed by atoms with Crippen LogP contribution < -0.4 is 16.0 Å². The predicted molar refractivity (Wildman–Crippen MR) is 116 cm³/mol. The zero-order valence-electron chi connectivity index (χ0n) is 16.7. The number of aromatic amines is 1. The number of aromatic nitrogens is 1. The Hall–Kier alpha value is -3.26. The maximum atomic E-state index is 12.7. The van der Waals surface area contributed by atoms with E-state index in [0.717, 1.165) is 11.1 Å². The second kappa shape index (κ2) is 7.87. The molecule has 2 aliphatic rings. The van der Waals surface area contributed by atoms with Crippen molar-refractivity contribution in [2.45, 2.75) is 13.8 Å². The first-order valence-corrected chi connectivity index (χ1v) is 10.1. The molecule has 1 fully saturated rings. The number of aryl methyl sites for hydroxylation is 1. The van der Waals surface area contributed by atoms with E-state index in [1.807, 2.05) is 13.8 Å². The molecule has 9 heteroatoms. The summed E-state index contributed by atoms with van der Waals surface area (Å²) in [6, 6.07) is 5.13.